The standard InChI is InChI=1S/C26H43NO5/c1-15(2)21(14-28)26(32-23(27)31)12-11-24(3)16(13-26)5-6-17-18-7-8-20(22(29)30)25(18,4)10-9-19(17)24/h15-21,28H,5-14H2,1-4H3,(H2,27,31)(H,29,30)/t16?,17-,18-,19-,20?,21?,24-,25-,26?/m0/s1. The zero-order valence-electron chi connectivity index (χ0n) is 20.3. The third-order valence-corrected chi connectivity index (χ3v) is 11.0. The molecule has 4 saturated carbocycles. The van der Waals surface area contributed by atoms with E-state index in [-0.39, 0.29) is 35.2 Å². The highest BCUT2D eigenvalue weighted by Crippen LogP contribution is 2.68. The average Bonchev–Trinajstić information content (AvgIpc) is 3.05. The largest absolute Gasteiger partial charge is 0.481 e. The van der Waals surface area contributed by atoms with Gasteiger partial charge < -0.3 is 20.7 Å². The Kier molecular flexibility index (Phi) is 6.09. The van der Waals surface area contributed by atoms with E-state index in [4.69, 9.17) is 10.5 Å². The Hall–Kier alpha value is -1.30. The molecule has 6 heteroatoms. The molecule has 0 spiro atoms. The molecule has 4 N–H and O–H groups in total. The number of fused-ring (bicyclic) bond motifs is 5. The first-order valence-electron chi connectivity index (χ1n) is 12.8. The number of carbonyl (C=O) groups excluding carboxylic acids is 1. The molecule has 4 unspecified atom stereocenters. The Bertz CT molecular complexity index is 754. The van der Waals surface area contributed by atoms with Gasteiger partial charge in [0.05, 0.1) is 5.92 Å². The molecule has 4 rings (SSSR count). The summed E-state index contributed by atoms with van der Waals surface area (Å²) < 4.78 is 5.86. The smallest absolute Gasteiger partial charge is 0.405 e. The minimum atomic E-state index is -0.736. The number of nitrogens with two attached hydrogens (primary N) is 1. The number of aliphatic hydroxyl groups is 1. The van der Waals surface area contributed by atoms with E-state index in [0.29, 0.717) is 23.7 Å². The van der Waals surface area contributed by atoms with E-state index in [9.17, 15) is 19.8 Å². The predicted molar refractivity (Wildman–Crippen MR) is 122 cm³/mol. The van der Waals surface area contributed by atoms with Gasteiger partial charge in [-0.2, -0.15) is 0 Å². The lowest BCUT2D eigenvalue weighted by Crippen LogP contribution is -2.59. The van der Waals surface area contributed by atoms with Crippen molar-refractivity contribution in [2.45, 2.75) is 91.1 Å². The molecule has 0 heterocycles. The van der Waals surface area contributed by atoms with E-state index < -0.39 is 17.7 Å². The first-order valence-corrected chi connectivity index (χ1v) is 12.8. The monoisotopic (exact) mass is 449 g/mol. The van der Waals surface area contributed by atoms with Crippen LogP contribution in [-0.2, 0) is 9.53 Å². The number of hydrogen-bond donors (Lipinski definition) is 3. The van der Waals surface area contributed by atoms with Gasteiger partial charge >= 0.3 is 12.1 Å². The molecule has 0 aromatic heterocycles. The summed E-state index contributed by atoms with van der Waals surface area (Å²) in [5.74, 6) is 1.43. The van der Waals surface area contributed by atoms with Crippen molar-refractivity contribution in [3.63, 3.8) is 0 Å². The number of carboxylic acid groups (broad SMARTS) is 1. The normalized spacial score (nSPS) is 46.6. The molecule has 9 atom stereocenters. The molecular weight excluding hydrogens is 406 g/mol. The van der Waals surface area contributed by atoms with E-state index in [1.807, 2.05) is 0 Å². The van der Waals surface area contributed by atoms with E-state index in [2.05, 4.69) is 27.7 Å². The summed E-state index contributed by atoms with van der Waals surface area (Å²) in [5.41, 5.74) is 4.95. The summed E-state index contributed by atoms with van der Waals surface area (Å²) in [5, 5.41) is 20.0. The van der Waals surface area contributed by atoms with Crippen molar-refractivity contribution < 1.29 is 24.5 Å². The third-order valence-electron chi connectivity index (χ3n) is 11.0. The van der Waals surface area contributed by atoms with Crippen molar-refractivity contribution >= 4 is 12.1 Å². The Morgan fingerprint density at radius 1 is 1.00 bits per heavy atom. The summed E-state index contributed by atoms with van der Waals surface area (Å²) >= 11 is 0. The van der Waals surface area contributed by atoms with Crippen LogP contribution in [0.1, 0.15) is 85.5 Å². The van der Waals surface area contributed by atoms with Gasteiger partial charge in [0.2, 0.25) is 0 Å². The summed E-state index contributed by atoms with van der Waals surface area (Å²) in [7, 11) is 0. The van der Waals surface area contributed by atoms with E-state index in [1.54, 1.807) is 0 Å². The lowest BCUT2D eigenvalue weighted by molar-refractivity contribution is -0.176. The minimum absolute atomic E-state index is 0.00254. The fourth-order valence-electron chi connectivity index (χ4n) is 9.36. The van der Waals surface area contributed by atoms with Crippen molar-refractivity contribution in [1.82, 2.24) is 0 Å². The van der Waals surface area contributed by atoms with Crippen molar-refractivity contribution in [3.05, 3.63) is 0 Å². The molecule has 32 heavy (non-hydrogen) atoms. The number of aliphatic hydroxyl groups excluding tert-OH is 1. The quantitative estimate of drug-likeness (QED) is 0.557. The third kappa shape index (κ3) is 3.47. The minimum Gasteiger partial charge on any atom is -0.481 e. The fourth-order valence-corrected chi connectivity index (χ4v) is 9.36. The molecule has 0 radical (unpaired) electrons. The van der Waals surface area contributed by atoms with Gasteiger partial charge in [-0.05, 0) is 98.2 Å². The molecule has 0 saturated heterocycles. The van der Waals surface area contributed by atoms with Gasteiger partial charge in [-0.25, -0.2) is 4.79 Å². The highest BCUT2D eigenvalue weighted by atomic mass is 16.6. The molecule has 0 bridgehead atoms. The molecule has 4 fully saturated rings. The number of carbonyl (C=O) groups is 2. The van der Waals surface area contributed by atoms with Crippen molar-refractivity contribution in [3.8, 4) is 0 Å². The zero-order chi connectivity index (χ0) is 23.5. The summed E-state index contributed by atoms with van der Waals surface area (Å²) in [6, 6.07) is 0. The number of rotatable bonds is 5. The SMILES string of the molecule is CC(C)C(CO)C1(OC(N)=O)CC[C@@]2(C)C(CC[C@@H]3[C@@H]2CC[C@]2(C)C(C(=O)O)CC[C@@H]32)C1. The molecule has 182 valence electrons. The number of hydrogen-bond acceptors (Lipinski definition) is 4. The van der Waals surface area contributed by atoms with Crippen LogP contribution in [0.3, 0.4) is 0 Å². The Labute approximate surface area is 192 Å². The second-order valence-corrected chi connectivity index (χ2v) is 12.4. The van der Waals surface area contributed by atoms with E-state index >= 15 is 0 Å². The van der Waals surface area contributed by atoms with E-state index in [1.165, 1.54) is 0 Å². The van der Waals surface area contributed by atoms with Crippen LogP contribution in [-0.4, -0.2) is 34.5 Å². The highest BCUT2D eigenvalue weighted by Gasteiger charge is 2.63. The lowest BCUT2D eigenvalue weighted by Gasteiger charge is -2.63. The van der Waals surface area contributed by atoms with Crippen molar-refractivity contribution in [2.75, 3.05) is 6.61 Å². The maximum atomic E-state index is 11.9. The van der Waals surface area contributed by atoms with Crippen molar-refractivity contribution in [1.29, 1.82) is 0 Å². The highest BCUT2D eigenvalue weighted by molar-refractivity contribution is 5.71. The lowest BCUT2D eigenvalue weighted by atomic mass is 9.43. The molecule has 4 aliphatic rings. The van der Waals surface area contributed by atoms with Crippen LogP contribution in [0, 0.1) is 52.3 Å². The Balaban J connectivity index is 1.60. The molecule has 4 aliphatic carbocycles. The number of carboxylic acids is 1. The van der Waals surface area contributed by atoms with Crippen LogP contribution in [0.4, 0.5) is 4.79 Å². The van der Waals surface area contributed by atoms with Gasteiger partial charge in [-0.3, -0.25) is 4.79 Å². The van der Waals surface area contributed by atoms with Crippen LogP contribution < -0.4 is 5.73 Å². The van der Waals surface area contributed by atoms with E-state index in [0.717, 1.165) is 57.8 Å². The summed E-state index contributed by atoms with van der Waals surface area (Å²) in [4.78, 5) is 23.8. The van der Waals surface area contributed by atoms with Crippen molar-refractivity contribution in [2.24, 2.45) is 58.0 Å². The number of aliphatic carboxylic acids is 1. The van der Waals surface area contributed by atoms with Gasteiger partial charge in [0.25, 0.3) is 0 Å². The second-order valence-electron chi connectivity index (χ2n) is 12.4. The van der Waals surface area contributed by atoms with Crippen LogP contribution in [0.5, 0.6) is 0 Å². The number of ether oxygens (including phenoxy) is 1. The first-order chi connectivity index (χ1) is 15.0. The predicted octanol–water partition coefficient (Wildman–Crippen LogP) is 4.83. The van der Waals surface area contributed by atoms with Gasteiger partial charge in [0, 0.05) is 12.5 Å². The molecule has 0 aromatic rings. The van der Waals surface area contributed by atoms with Crippen LogP contribution in [0.25, 0.3) is 0 Å². The number of amides is 1. The average molecular weight is 450 g/mol. The van der Waals surface area contributed by atoms with Crippen LogP contribution >= 0.6 is 0 Å². The van der Waals surface area contributed by atoms with Gasteiger partial charge in [-0.1, -0.05) is 27.7 Å². The van der Waals surface area contributed by atoms with Gasteiger partial charge in [-0.15, -0.1) is 0 Å². The molecule has 0 aromatic carbocycles. The maximum Gasteiger partial charge on any atom is 0.405 e. The Morgan fingerprint density at radius 3 is 2.28 bits per heavy atom. The summed E-state index contributed by atoms with van der Waals surface area (Å²) in [6.07, 6.45) is 7.96. The zero-order valence-corrected chi connectivity index (χ0v) is 20.3. The molecule has 1 amide bonds. The molecule has 6 nitrogen and oxygen atoms in total. The second kappa shape index (κ2) is 8.18. The number of primary amides is 1. The van der Waals surface area contributed by atoms with Gasteiger partial charge in [0.15, 0.2) is 0 Å². The molecule has 0 aliphatic heterocycles. The molecular formula is C26H43NO5. The fraction of sp³-hybridized carbons (Fsp3) is 0.923. The first kappa shape index (κ1) is 23.8. The topological polar surface area (TPSA) is 110 Å². The van der Waals surface area contributed by atoms with Crippen LogP contribution in [0.2, 0.25) is 0 Å². The summed E-state index contributed by atoms with van der Waals surface area (Å²) in [6.45, 7) is 8.85. The maximum absolute atomic E-state index is 11.9. The Morgan fingerprint density at radius 2 is 1.69 bits per heavy atom. The van der Waals surface area contributed by atoms with Crippen LogP contribution in [0.15, 0.2) is 0 Å². The van der Waals surface area contributed by atoms with Gasteiger partial charge in [0.1, 0.15) is 5.60 Å².